The molecule has 3 aromatic rings. The number of rotatable bonds is 8. The van der Waals surface area contributed by atoms with Crippen molar-refractivity contribution >= 4 is 17.2 Å². The molecular weight excluding hydrogens is 375 g/mol. The van der Waals surface area contributed by atoms with Crippen LogP contribution in [0.3, 0.4) is 0 Å². The zero-order chi connectivity index (χ0) is 19.9. The summed E-state index contributed by atoms with van der Waals surface area (Å²) in [6.45, 7) is 0.832. The molecule has 0 aliphatic heterocycles. The van der Waals surface area contributed by atoms with E-state index in [1.165, 1.54) is 12.1 Å². The van der Waals surface area contributed by atoms with Crippen LogP contribution in [0.4, 0.5) is 4.39 Å². The van der Waals surface area contributed by atoms with Crippen molar-refractivity contribution < 1.29 is 13.9 Å². The quantitative estimate of drug-likeness (QED) is 0.617. The van der Waals surface area contributed by atoms with Crippen molar-refractivity contribution in [3.63, 3.8) is 0 Å². The van der Waals surface area contributed by atoms with Gasteiger partial charge in [0.2, 0.25) is 5.91 Å². The summed E-state index contributed by atoms with van der Waals surface area (Å²) in [5, 5.41) is 5.04. The fourth-order valence-electron chi connectivity index (χ4n) is 3.06. The lowest BCUT2D eigenvalue weighted by Crippen LogP contribution is -2.37. The SMILES string of the molecule is COc1ccccc1CN(C)CC(=O)NC(c1ccc(F)cc1)c1cccs1. The van der Waals surface area contributed by atoms with Crippen molar-refractivity contribution in [3.05, 3.63) is 87.9 Å². The lowest BCUT2D eigenvalue weighted by atomic mass is 10.1. The number of halogens is 1. The third-order valence-corrected chi connectivity index (χ3v) is 5.32. The summed E-state index contributed by atoms with van der Waals surface area (Å²) in [6.07, 6.45) is 0. The lowest BCUT2D eigenvalue weighted by Gasteiger charge is -2.22. The Balaban J connectivity index is 1.67. The lowest BCUT2D eigenvalue weighted by molar-refractivity contribution is -0.122. The summed E-state index contributed by atoms with van der Waals surface area (Å²) in [5.41, 5.74) is 1.87. The third-order valence-electron chi connectivity index (χ3n) is 4.38. The molecule has 2 aromatic carbocycles. The van der Waals surface area contributed by atoms with Gasteiger partial charge in [-0.1, -0.05) is 36.4 Å². The zero-order valence-electron chi connectivity index (χ0n) is 15.9. The number of para-hydroxylation sites is 1. The van der Waals surface area contributed by atoms with Crippen LogP contribution in [0.5, 0.6) is 5.75 Å². The highest BCUT2D eigenvalue weighted by Gasteiger charge is 2.19. The van der Waals surface area contributed by atoms with Gasteiger partial charge in [0.05, 0.1) is 19.7 Å². The molecule has 28 heavy (non-hydrogen) atoms. The number of likely N-dealkylation sites (N-methyl/N-ethyl adjacent to an activating group) is 1. The van der Waals surface area contributed by atoms with Gasteiger partial charge in [-0.25, -0.2) is 4.39 Å². The molecule has 1 N–H and O–H groups in total. The first-order valence-corrected chi connectivity index (χ1v) is 9.83. The molecule has 1 atom stereocenters. The molecule has 0 fully saturated rings. The van der Waals surface area contributed by atoms with Crippen molar-refractivity contribution in [2.75, 3.05) is 20.7 Å². The normalized spacial score (nSPS) is 12.0. The number of carbonyl (C=O) groups excluding carboxylic acids is 1. The number of carbonyl (C=O) groups is 1. The molecule has 0 aliphatic carbocycles. The predicted molar refractivity (Wildman–Crippen MR) is 110 cm³/mol. The first kappa shape index (κ1) is 20.0. The molecule has 146 valence electrons. The van der Waals surface area contributed by atoms with Gasteiger partial charge in [-0.2, -0.15) is 0 Å². The number of nitrogens with zero attached hydrogens (tertiary/aromatic N) is 1. The minimum atomic E-state index is -0.298. The molecule has 1 unspecified atom stereocenters. The number of ether oxygens (including phenoxy) is 1. The minimum absolute atomic E-state index is 0.0971. The Kier molecular flexibility index (Phi) is 6.79. The number of benzene rings is 2. The van der Waals surface area contributed by atoms with Gasteiger partial charge in [0.1, 0.15) is 11.6 Å². The number of thiophene rings is 1. The van der Waals surface area contributed by atoms with Crippen LogP contribution in [-0.2, 0) is 11.3 Å². The molecule has 0 saturated heterocycles. The molecule has 0 bridgehead atoms. The second kappa shape index (κ2) is 9.48. The van der Waals surface area contributed by atoms with E-state index in [-0.39, 0.29) is 24.3 Å². The standard InChI is InChI=1S/C22H23FN2O2S/c1-25(14-17-6-3-4-7-19(17)27-2)15-21(26)24-22(20-8-5-13-28-20)16-9-11-18(23)12-10-16/h3-13,22H,14-15H2,1-2H3,(H,24,26). The summed E-state index contributed by atoms with van der Waals surface area (Å²) in [7, 11) is 3.53. The molecule has 0 saturated carbocycles. The number of methoxy groups -OCH3 is 1. The van der Waals surface area contributed by atoms with E-state index in [1.807, 2.05) is 53.7 Å². The average molecular weight is 399 g/mol. The van der Waals surface area contributed by atoms with E-state index in [0.29, 0.717) is 6.54 Å². The molecule has 0 aliphatic rings. The van der Waals surface area contributed by atoms with Gasteiger partial charge in [-0.05, 0) is 42.3 Å². The maximum atomic E-state index is 13.3. The summed E-state index contributed by atoms with van der Waals surface area (Å²) in [6, 6.07) is 17.6. The Morgan fingerprint density at radius 3 is 2.57 bits per heavy atom. The highest BCUT2D eigenvalue weighted by Crippen LogP contribution is 2.26. The van der Waals surface area contributed by atoms with Crippen LogP contribution >= 0.6 is 11.3 Å². The van der Waals surface area contributed by atoms with Gasteiger partial charge in [0, 0.05) is 17.0 Å². The topological polar surface area (TPSA) is 41.6 Å². The third kappa shape index (κ3) is 5.18. The molecule has 6 heteroatoms. The number of amides is 1. The van der Waals surface area contributed by atoms with Crippen LogP contribution in [0, 0.1) is 5.82 Å². The van der Waals surface area contributed by atoms with E-state index in [0.717, 1.165) is 21.8 Å². The second-order valence-corrected chi connectivity index (χ2v) is 7.53. The zero-order valence-corrected chi connectivity index (χ0v) is 16.7. The van der Waals surface area contributed by atoms with Crippen LogP contribution in [0.15, 0.2) is 66.0 Å². The predicted octanol–water partition coefficient (Wildman–Crippen LogP) is 4.23. The molecule has 1 heterocycles. The molecule has 3 rings (SSSR count). The van der Waals surface area contributed by atoms with Crippen LogP contribution in [0.2, 0.25) is 0 Å². The Hall–Kier alpha value is -2.70. The number of nitrogens with one attached hydrogen (secondary N) is 1. The number of hydrogen-bond acceptors (Lipinski definition) is 4. The maximum absolute atomic E-state index is 13.3. The van der Waals surface area contributed by atoms with E-state index in [2.05, 4.69) is 5.32 Å². The van der Waals surface area contributed by atoms with Crippen LogP contribution in [-0.4, -0.2) is 31.5 Å². The Morgan fingerprint density at radius 2 is 1.89 bits per heavy atom. The Bertz CT molecular complexity index is 897. The van der Waals surface area contributed by atoms with Gasteiger partial charge in [0.25, 0.3) is 0 Å². The highest BCUT2D eigenvalue weighted by atomic mass is 32.1. The van der Waals surface area contributed by atoms with Crippen LogP contribution in [0.1, 0.15) is 22.0 Å². The van der Waals surface area contributed by atoms with Crippen molar-refractivity contribution in [3.8, 4) is 5.75 Å². The smallest absolute Gasteiger partial charge is 0.234 e. The average Bonchev–Trinajstić information content (AvgIpc) is 3.22. The van der Waals surface area contributed by atoms with Gasteiger partial charge in [-0.3, -0.25) is 9.69 Å². The van der Waals surface area contributed by atoms with E-state index in [9.17, 15) is 9.18 Å². The molecule has 0 spiro atoms. The summed E-state index contributed by atoms with van der Waals surface area (Å²) in [5.74, 6) is 0.411. The van der Waals surface area contributed by atoms with Crippen LogP contribution < -0.4 is 10.1 Å². The first-order chi connectivity index (χ1) is 13.6. The summed E-state index contributed by atoms with van der Waals surface area (Å²) >= 11 is 1.56. The largest absolute Gasteiger partial charge is 0.496 e. The Morgan fingerprint density at radius 1 is 1.14 bits per heavy atom. The van der Waals surface area contributed by atoms with E-state index < -0.39 is 0 Å². The van der Waals surface area contributed by atoms with Crippen molar-refractivity contribution in [2.24, 2.45) is 0 Å². The minimum Gasteiger partial charge on any atom is -0.496 e. The van der Waals surface area contributed by atoms with Gasteiger partial charge >= 0.3 is 0 Å². The van der Waals surface area contributed by atoms with E-state index in [1.54, 1.807) is 30.6 Å². The molecular formula is C22H23FN2O2S. The number of hydrogen-bond donors (Lipinski definition) is 1. The van der Waals surface area contributed by atoms with E-state index >= 15 is 0 Å². The van der Waals surface area contributed by atoms with Crippen molar-refractivity contribution in [2.45, 2.75) is 12.6 Å². The Labute approximate surface area is 168 Å². The molecule has 0 radical (unpaired) electrons. The van der Waals surface area contributed by atoms with Gasteiger partial charge in [0.15, 0.2) is 0 Å². The maximum Gasteiger partial charge on any atom is 0.234 e. The molecule has 1 amide bonds. The van der Waals surface area contributed by atoms with Gasteiger partial charge < -0.3 is 10.1 Å². The molecule has 1 aromatic heterocycles. The second-order valence-electron chi connectivity index (χ2n) is 6.55. The molecule has 4 nitrogen and oxygen atoms in total. The van der Waals surface area contributed by atoms with Crippen LogP contribution in [0.25, 0.3) is 0 Å². The van der Waals surface area contributed by atoms with Crippen molar-refractivity contribution in [1.82, 2.24) is 10.2 Å². The van der Waals surface area contributed by atoms with E-state index in [4.69, 9.17) is 4.74 Å². The van der Waals surface area contributed by atoms with Gasteiger partial charge in [-0.15, -0.1) is 11.3 Å². The fourth-order valence-corrected chi connectivity index (χ4v) is 3.86. The summed E-state index contributed by atoms with van der Waals surface area (Å²) in [4.78, 5) is 15.6. The summed E-state index contributed by atoms with van der Waals surface area (Å²) < 4.78 is 18.7. The highest BCUT2D eigenvalue weighted by molar-refractivity contribution is 7.10. The monoisotopic (exact) mass is 398 g/mol. The van der Waals surface area contributed by atoms with Crippen molar-refractivity contribution in [1.29, 1.82) is 0 Å². The first-order valence-electron chi connectivity index (χ1n) is 8.95. The fraction of sp³-hybridized carbons (Fsp3) is 0.227.